The van der Waals surface area contributed by atoms with Crippen molar-refractivity contribution in [3.05, 3.63) is 35.9 Å². The molecule has 1 amide bonds. The van der Waals surface area contributed by atoms with Gasteiger partial charge in [0.15, 0.2) is 0 Å². The fraction of sp³-hybridized carbons (Fsp3) is 0.667. The highest BCUT2D eigenvalue weighted by Gasteiger charge is 2.01. The van der Waals surface area contributed by atoms with Gasteiger partial charge in [0.2, 0.25) is 5.91 Å². The van der Waals surface area contributed by atoms with Crippen LogP contribution in [0.5, 0.6) is 0 Å². The highest BCUT2D eigenvalue weighted by atomic mass is 16.7. The molecule has 3 heteroatoms. The largest absolute Gasteiger partial charge is 0.273 e. The highest BCUT2D eigenvalue weighted by molar-refractivity contribution is 5.71. The summed E-state index contributed by atoms with van der Waals surface area (Å²) < 4.78 is 0. The van der Waals surface area contributed by atoms with E-state index in [1.165, 1.54) is 81.8 Å². The van der Waals surface area contributed by atoms with Crippen molar-refractivity contribution in [1.29, 1.82) is 0 Å². The van der Waals surface area contributed by atoms with Crippen LogP contribution in [0.25, 0.3) is 0 Å². The van der Waals surface area contributed by atoms with Gasteiger partial charge in [-0.2, -0.15) is 0 Å². The number of carbonyl (C=O) groups excluding carboxylic acids is 1. The average molecular weight is 334 g/mol. The molecule has 1 aromatic carbocycles. The van der Waals surface area contributed by atoms with Gasteiger partial charge >= 0.3 is 0 Å². The van der Waals surface area contributed by atoms with E-state index in [1.54, 1.807) is 7.05 Å². The Bertz CT molecular complexity index is 419. The van der Waals surface area contributed by atoms with Gasteiger partial charge < -0.3 is 0 Å². The summed E-state index contributed by atoms with van der Waals surface area (Å²) in [6, 6.07) is 10.8. The average Bonchev–Trinajstić information content (AvgIpc) is 2.59. The van der Waals surface area contributed by atoms with Crippen molar-refractivity contribution in [3.8, 4) is 0 Å². The summed E-state index contributed by atoms with van der Waals surface area (Å²) in [5, 5.41) is 1.32. The van der Waals surface area contributed by atoms with Crippen molar-refractivity contribution in [1.82, 2.24) is 5.06 Å². The zero-order valence-electron chi connectivity index (χ0n) is 15.6. The van der Waals surface area contributed by atoms with E-state index in [1.807, 2.05) is 0 Å². The van der Waals surface area contributed by atoms with Crippen molar-refractivity contribution in [2.24, 2.45) is 0 Å². The van der Waals surface area contributed by atoms with Gasteiger partial charge in [-0.3, -0.25) is 9.63 Å². The minimum atomic E-state index is -0.0428. The van der Waals surface area contributed by atoms with Crippen molar-refractivity contribution < 1.29 is 9.63 Å². The van der Waals surface area contributed by atoms with Crippen molar-refractivity contribution in [3.63, 3.8) is 0 Å². The van der Waals surface area contributed by atoms with Crippen LogP contribution in [0.3, 0.4) is 0 Å². The standard InChI is InChI=1S/C21H35NO2/c1-20(23)22(2)24-19-15-10-8-6-4-3-5-7-9-12-16-21-17-13-11-14-18-21/h11,13-14,17-18H,3-10,12,15-16,19H2,1-2H3. The summed E-state index contributed by atoms with van der Waals surface area (Å²) >= 11 is 0. The third-order valence-electron chi connectivity index (χ3n) is 4.43. The van der Waals surface area contributed by atoms with Gasteiger partial charge in [0, 0.05) is 14.0 Å². The Morgan fingerprint density at radius 2 is 1.33 bits per heavy atom. The summed E-state index contributed by atoms with van der Waals surface area (Å²) in [4.78, 5) is 16.3. The van der Waals surface area contributed by atoms with Crippen LogP contribution < -0.4 is 0 Å². The Morgan fingerprint density at radius 3 is 1.88 bits per heavy atom. The molecule has 0 aliphatic heterocycles. The van der Waals surface area contributed by atoms with Crippen molar-refractivity contribution in [2.45, 2.75) is 77.6 Å². The maximum absolute atomic E-state index is 10.9. The maximum atomic E-state index is 10.9. The maximum Gasteiger partial charge on any atom is 0.242 e. The lowest BCUT2D eigenvalue weighted by molar-refractivity contribution is -0.176. The Hall–Kier alpha value is -1.35. The van der Waals surface area contributed by atoms with Crippen LogP contribution in [0.1, 0.15) is 76.7 Å². The number of hydrogen-bond donors (Lipinski definition) is 0. The van der Waals surface area contributed by atoms with E-state index < -0.39 is 0 Å². The molecule has 0 atom stereocenters. The Labute approximate surface area is 148 Å². The molecule has 0 fully saturated rings. The van der Waals surface area contributed by atoms with Gasteiger partial charge in [0.25, 0.3) is 0 Å². The van der Waals surface area contributed by atoms with Gasteiger partial charge in [0.1, 0.15) is 0 Å². The molecule has 0 aliphatic rings. The summed E-state index contributed by atoms with van der Waals surface area (Å²) in [5.74, 6) is -0.0428. The first kappa shape index (κ1) is 20.7. The normalized spacial score (nSPS) is 10.8. The van der Waals surface area contributed by atoms with E-state index in [4.69, 9.17) is 4.84 Å². The van der Waals surface area contributed by atoms with Gasteiger partial charge in [-0.1, -0.05) is 81.7 Å². The number of nitrogens with zero attached hydrogens (tertiary/aromatic N) is 1. The summed E-state index contributed by atoms with van der Waals surface area (Å²) in [6.45, 7) is 2.17. The van der Waals surface area contributed by atoms with Gasteiger partial charge in [-0.15, -0.1) is 0 Å². The number of hydroxylamine groups is 2. The zero-order chi connectivity index (χ0) is 17.5. The molecule has 0 unspecified atom stereocenters. The summed E-state index contributed by atoms with van der Waals surface area (Å²) in [6.07, 6.45) is 14.2. The van der Waals surface area contributed by atoms with Crippen LogP contribution in [-0.4, -0.2) is 24.6 Å². The zero-order valence-corrected chi connectivity index (χ0v) is 15.6. The number of benzene rings is 1. The van der Waals surface area contributed by atoms with Crippen LogP contribution >= 0.6 is 0 Å². The van der Waals surface area contributed by atoms with E-state index in [9.17, 15) is 4.79 Å². The first-order chi connectivity index (χ1) is 11.7. The van der Waals surface area contributed by atoms with Gasteiger partial charge in [0.05, 0.1) is 6.61 Å². The molecule has 1 rings (SSSR count). The molecule has 0 aliphatic carbocycles. The molecule has 0 N–H and O–H groups in total. The summed E-state index contributed by atoms with van der Waals surface area (Å²) in [7, 11) is 1.67. The number of aryl methyl sites for hydroxylation is 1. The number of unbranched alkanes of at least 4 members (excludes halogenated alkanes) is 9. The molecule has 0 saturated heterocycles. The van der Waals surface area contributed by atoms with E-state index >= 15 is 0 Å². The Balaban J connectivity index is 1.77. The molecular formula is C21H35NO2. The lowest BCUT2D eigenvalue weighted by atomic mass is 10.0. The van der Waals surface area contributed by atoms with Crippen LogP contribution in [0.2, 0.25) is 0 Å². The molecule has 1 aromatic rings. The van der Waals surface area contributed by atoms with Crippen molar-refractivity contribution in [2.75, 3.05) is 13.7 Å². The second-order valence-corrected chi connectivity index (χ2v) is 6.62. The lowest BCUT2D eigenvalue weighted by Gasteiger charge is -2.13. The van der Waals surface area contributed by atoms with E-state index in [0.717, 1.165) is 6.42 Å². The Morgan fingerprint density at radius 1 is 0.833 bits per heavy atom. The third-order valence-corrected chi connectivity index (χ3v) is 4.43. The van der Waals surface area contributed by atoms with E-state index in [-0.39, 0.29) is 5.91 Å². The Kier molecular flexibility index (Phi) is 12.1. The molecule has 0 saturated carbocycles. The van der Waals surface area contributed by atoms with Crippen LogP contribution in [0.4, 0.5) is 0 Å². The number of hydrogen-bond acceptors (Lipinski definition) is 2. The molecule has 0 bridgehead atoms. The fourth-order valence-electron chi connectivity index (χ4n) is 2.78. The quantitative estimate of drug-likeness (QED) is 0.330. The predicted molar refractivity (Wildman–Crippen MR) is 101 cm³/mol. The molecule has 24 heavy (non-hydrogen) atoms. The molecule has 136 valence electrons. The van der Waals surface area contributed by atoms with Crippen LogP contribution in [-0.2, 0) is 16.1 Å². The SMILES string of the molecule is CC(=O)N(C)OCCCCCCCCCCCCc1ccccc1. The smallest absolute Gasteiger partial charge is 0.242 e. The van der Waals surface area contributed by atoms with E-state index in [2.05, 4.69) is 30.3 Å². The topological polar surface area (TPSA) is 29.5 Å². The molecule has 0 spiro atoms. The number of amides is 1. The first-order valence-corrected chi connectivity index (χ1v) is 9.61. The van der Waals surface area contributed by atoms with Gasteiger partial charge in [-0.05, 0) is 24.8 Å². The predicted octanol–water partition coefficient (Wildman–Crippen LogP) is 5.54. The fourth-order valence-corrected chi connectivity index (χ4v) is 2.78. The van der Waals surface area contributed by atoms with Gasteiger partial charge in [-0.25, -0.2) is 5.06 Å². The summed E-state index contributed by atoms with van der Waals surface area (Å²) in [5.41, 5.74) is 1.47. The monoisotopic (exact) mass is 333 g/mol. The molecule has 3 nitrogen and oxygen atoms in total. The molecule has 0 radical (unpaired) electrons. The van der Waals surface area contributed by atoms with E-state index in [0.29, 0.717) is 6.61 Å². The second kappa shape index (κ2) is 14.0. The lowest BCUT2D eigenvalue weighted by Crippen LogP contribution is -2.24. The van der Waals surface area contributed by atoms with Crippen LogP contribution in [0.15, 0.2) is 30.3 Å². The molecule has 0 aromatic heterocycles. The van der Waals surface area contributed by atoms with Crippen molar-refractivity contribution >= 4 is 5.91 Å². The minimum absolute atomic E-state index is 0.0428. The highest BCUT2D eigenvalue weighted by Crippen LogP contribution is 2.12. The minimum Gasteiger partial charge on any atom is -0.273 e. The molecular weight excluding hydrogens is 298 g/mol. The third kappa shape index (κ3) is 11.2. The van der Waals surface area contributed by atoms with Crippen LogP contribution in [0, 0.1) is 0 Å². The number of carbonyl (C=O) groups is 1. The first-order valence-electron chi connectivity index (χ1n) is 9.61. The number of rotatable bonds is 14. The second-order valence-electron chi connectivity index (χ2n) is 6.62. The molecule has 0 heterocycles.